The van der Waals surface area contributed by atoms with Gasteiger partial charge in [0.25, 0.3) is 0 Å². The molecular weight excluding hydrogens is 391 g/mol. The fourth-order valence-corrected chi connectivity index (χ4v) is 2.55. The third kappa shape index (κ3) is 5.42. The Morgan fingerprint density at radius 3 is 2.68 bits per heavy atom. The number of carbonyl (C=O) groups is 2. The zero-order chi connectivity index (χ0) is 18.6. The number of urea groups is 1. The van der Waals surface area contributed by atoms with Crippen LogP contribution in [0.5, 0.6) is 5.75 Å². The third-order valence-corrected chi connectivity index (χ3v) is 3.69. The van der Waals surface area contributed by atoms with Gasteiger partial charge in [0.2, 0.25) is 3.79 Å². The molecule has 0 saturated heterocycles. The maximum absolute atomic E-state index is 12.5. The number of rotatable bonds is 5. The monoisotopic (exact) mass is 406 g/mol. The average molecular weight is 408 g/mol. The zero-order valence-electron chi connectivity index (χ0n) is 13.6. The summed E-state index contributed by atoms with van der Waals surface area (Å²) in [6.07, 6.45) is 0. The second-order valence-corrected chi connectivity index (χ2v) is 7.78. The Bertz CT molecular complexity index is 701. The number of nitrogens with one attached hydrogen (secondary N) is 2. The highest BCUT2D eigenvalue weighted by Gasteiger charge is 2.33. The Hall–Kier alpha value is -1.63. The van der Waals surface area contributed by atoms with Gasteiger partial charge in [-0.3, -0.25) is 0 Å². The molecule has 0 fully saturated rings. The van der Waals surface area contributed by atoms with Crippen molar-refractivity contribution in [2.24, 2.45) is 0 Å². The number of benzene rings is 1. The van der Waals surface area contributed by atoms with E-state index in [4.69, 9.17) is 44.3 Å². The first-order valence-electron chi connectivity index (χ1n) is 7.46. The minimum absolute atomic E-state index is 0.225. The standard InChI is InChI=1S/C16H17Cl3N2O4/c1-3-24-11-6-4-5-10(7-11)13-12(9(2)20-15(23)21-13)14(22)25-8-16(17,18)19/h4-7,13H,3,8H2,1-2H3,(H2,20,21,23)/t13-/m0/s1. The van der Waals surface area contributed by atoms with Crippen molar-refractivity contribution in [2.75, 3.05) is 13.2 Å². The summed E-state index contributed by atoms with van der Waals surface area (Å²) in [5.41, 5.74) is 1.26. The van der Waals surface area contributed by atoms with Gasteiger partial charge in [-0.25, -0.2) is 9.59 Å². The molecule has 1 atom stereocenters. The zero-order valence-corrected chi connectivity index (χ0v) is 15.8. The molecule has 9 heteroatoms. The predicted octanol–water partition coefficient (Wildman–Crippen LogP) is 3.63. The molecule has 1 aliphatic rings. The van der Waals surface area contributed by atoms with E-state index in [0.717, 1.165) is 0 Å². The Morgan fingerprint density at radius 1 is 1.32 bits per heavy atom. The molecule has 0 unspecified atom stereocenters. The van der Waals surface area contributed by atoms with E-state index in [2.05, 4.69) is 10.6 Å². The summed E-state index contributed by atoms with van der Waals surface area (Å²) in [5.74, 6) is -0.0671. The van der Waals surface area contributed by atoms with E-state index in [1.165, 1.54) is 0 Å². The van der Waals surface area contributed by atoms with Crippen LogP contribution in [-0.4, -0.2) is 29.0 Å². The van der Waals surface area contributed by atoms with Gasteiger partial charge in [0.05, 0.1) is 18.2 Å². The number of ether oxygens (including phenoxy) is 2. The molecule has 2 N–H and O–H groups in total. The summed E-state index contributed by atoms with van der Waals surface area (Å²) in [4.78, 5) is 24.3. The lowest BCUT2D eigenvalue weighted by atomic mass is 9.95. The van der Waals surface area contributed by atoms with Gasteiger partial charge in [-0.1, -0.05) is 46.9 Å². The van der Waals surface area contributed by atoms with E-state index in [0.29, 0.717) is 23.6 Å². The molecule has 0 radical (unpaired) electrons. The molecule has 2 rings (SSSR count). The van der Waals surface area contributed by atoms with E-state index < -0.39 is 28.4 Å². The molecule has 136 valence electrons. The predicted molar refractivity (Wildman–Crippen MR) is 96.0 cm³/mol. The normalized spacial score (nSPS) is 17.6. The molecule has 0 aromatic heterocycles. The first-order valence-corrected chi connectivity index (χ1v) is 8.59. The van der Waals surface area contributed by atoms with Crippen molar-refractivity contribution in [2.45, 2.75) is 23.7 Å². The van der Waals surface area contributed by atoms with Crippen molar-refractivity contribution in [3.05, 3.63) is 41.1 Å². The van der Waals surface area contributed by atoms with Gasteiger partial charge in [0.15, 0.2) is 0 Å². The maximum atomic E-state index is 12.5. The van der Waals surface area contributed by atoms with Crippen LogP contribution < -0.4 is 15.4 Å². The molecule has 1 aliphatic heterocycles. The molecule has 2 amide bonds. The molecule has 1 heterocycles. The van der Waals surface area contributed by atoms with Gasteiger partial charge < -0.3 is 20.1 Å². The van der Waals surface area contributed by atoms with Gasteiger partial charge in [-0.15, -0.1) is 0 Å². The van der Waals surface area contributed by atoms with Gasteiger partial charge in [-0.2, -0.15) is 0 Å². The first kappa shape index (κ1) is 19.7. The van der Waals surface area contributed by atoms with Crippen LogP contribution in [0.15, 0.2) is 35.5 Å². The van der Waals surface area contributed by atoms with Crippen LogP contribution in [0.3, 0.4) is 0 Å². The molecule has 0 saturated carbocycles. The SMILES string of the molecule is CCOc1cccc([C@@H]2NC(=O)NC(C)=C2C(=O)OCC(Cl)(Cl)Cl)c1. The molecule has 0 aliphatic carbocycles. The van der Waals surface area contributed by atoms with Crippen LogP contribution in [0, 0.1) is 0 Å². The summed E-state index contributed by atoms with van der Waals surface area (Å²) in [6, 6.07) is 5.93. The second-order valence-electron chi connectivity index (χ2n) is 5.27. The number of allylic oxidation sites excluding steroid dienone is 1. The smallest absolute Gasteiger partial charge is 0.338 e. The van der Waals surface area contributed by atoms with Crippen LogP contribution in [0.25, 0.3) is 0 Å². The van der Waals surface area contributed by atoms with Gasteiger partial charge in [0.1, 0.15) is 12.4 Å². The highest BCUT2D eigenvalue weighted by molar-refractivity contribution is 6.67. The summed E-state index contributed by atoms with van der Waals surface area (Å²) in [7, 11) is 0. The topological polar surface area (TPSA) is 76.7 Å². The van der Waals surface area contributed by atoms with Crippen LogP contribution >= 0.6 is 34.8 Å². The third-order valence-electron chi connectivity index (χ3n) is 3.36. The van der Waals surface area contributed by atoms with E-state index >= 15 is 0 Å². The Morgan fingerprint density at radius 2 is 2.04 bits per heavy atom. The quantitative estimate of drug-likeness (QED) is 0.577. The molecule has 0 spiro atoms. The number of halogens is 3. The summed E-state index contributed by atoms with van der Waals surface area (Å²) in [5, 5.41) is 5.24. The molecule has 0 bridgehead atoms. The second kappa shape index (κ2) is 8.17. The van der Waals surface area contributed by atoms with Gasteiger partial charge >= 0.3 is 12.0 Å². The van der Waals surface area contributed by atoms with E-state index in [9.17, 15) is 9.59 Å². The van der Waals surface area contributed by atoms with Gasteiger partial charge in [-0.05, 0) is 31.5 Å². The number of alkyl halides is 3. The number of hydrogen-bond acceptors (Lipinski definition) is 4. The van der Waals surface area contributed by atoms with Crippen LogP contribution in [0.1, 0.15) is 25.5 Å². The Labute approximate surface area is 160 Å². The van der Waals surface area contributed by atoms with Crippen molar-refractivity contribution < 1.29 is 19.1 Å². The maximum Gasteiger partial charge on any atom is 0.338 e. The van der Waals surface area contributed by atoms with Crippen molar-refractivity contribution in [1.82, 2.24) is 10.6 Å². The Kier molecular flexibility index (Phi) is 6.43. The van der Waals surface area contributed by atoms with Crippen molar-refractivity contribution in [3.8, 4) is 5.75 Å². The van der Waals surface area contributed by atoms with E-state index in [1.54, 1.807) is 31.2 Å². The van der Waals surface area contributed by atoms with Crippen LogP contribution in [-0.2, 0) is 9.53 Å². The lowest BCUT2D eigenvalue weighted by Gasteiger charge is -2.28. The summed E-state index contributed by atoms with van der Waals surface area (Å²) < 4.78 is 8.81. The van der Waals surface area contributed by atoms with Crippen molar-refractivity contribution in [1.29, 1.82) is 0 Å². The minimum atomic E-state index is -1.72. The van der Waals surface area contributed by atoms with E-state index in [-0.39, 0.29) is 5.57 Å². The molecule has 6 nitrogen and oxygen atoms in total. The molecule has 1 aromatic carbocycles. The van der Waals surface area contributed by atoms with Crippen LogP contribution in [0.2, 0.25) is 0 Å². The fraction of sp³-hybridized carbons (Fsp3) is 0.375. The van der Waals surface area contributed by atoms with Crippen molar-refractivity contribution in [3.63, 3.8) is 0 Å². The molecular formula is C16H17Cl3N2O4. The first-order chi connectivity index (χ1) is 11.7. The number of amides is 2. The number of hydrogen-bond donors (Lipinski definition) is 2. The number of esters is 1. The van der Waals surface area contributed by atoms with Crippen molar-refractivity contribution >= 4 is 46.8 Å². The van der Waals surface area contributed by atoms with Gasteiger partial charge in [0, 0.05) is 5.70 Å². The number of carbonyl (C=O) groups excluding carboxylic acids is 2. The van der Waals surface area contributed by atoms with E-state index in [1.807, 2.05) is 6.92 Å². The molecule has 1 aromatic rings. The average Bonchev–Trinajstić information content (AvgIpc) is 2.52. The lowest BCUT2D eigenvalue weighted by molar-refractivity contribution is -0.139. The lowest BCUT2D eigenvalue weighted by Crippen LogP contribution is -2.45. The molecule has 25 heavy (non-hydrogen) atoms. The minimum Gasteiger partial charge on any atom is -0.494 e. The summed E-state index contributed by atoms with van der Waals surface area (Å²) in [6.45, 7) is 3.55. The Balaban J connectivity index is 2.33. The highest BCUT2D eigenvalue weighted by Crippen LogP contribution is 2.31. The highest BCUT2D eigenvalue weighted by atomic mass is 35.6. The van der Waals surface area contributed by atoms with Crippen LogP contribution in [0.4, 0.5) is 4.79 Å². The largest absolute Gasteiger partial charge is 0.494 e. The summed E-state index contributed by atoms with van der Waals surface area (Å²) >= 11 is 16.9. The fourth-order valence-electron chi connectivity index (χ4n) is 2.39.